The van der Waals surface area contributed by atoms with Crippen LogP contribution in [0.4, 0.5) is 0 Å². The van der Waals surface area contributed by atoms with Crippen molar-refractivity contribution < 1.29 is 9.47 Å². The molecule has 23 heavy (non-hydrogen) atoms. The molecule has 0 heterocycles. The van der Waals surface area contributed by atoms with Crippen molar-refractivity contribution in [1.29, 1.82) is 5.26 Å². The molecule has 114 valence electrons. The molecule has 3 rings (SSSR count). The molecule has 0 aliphatic rings. The maximum Gasteiger partial charge on any atom is 0.131 e. The number of benzene rings is 3. The summed E-state index contributed by atoms with van der Waals surface area (Å²) in [6, 6.07) is 21.9. The molecule has 3 heteroatoms. The van der Waals surface area contributed by atoms with Crippen molar-refractivity contribution in [3.05, 3.63) is 71.8 Å². The van der Waals surface area contributed by atoms with Crippen molar-refractivity contribution in [2.24, 2.45) is 0 Å². The first kappa shape index (κ1) is 14.9. The van der Waals surface area contributed by atoms with E-state index in [-0.39, 0.29) is 0 Å². The lowest BCUT2D eigenvalue weighted by Gasteiger charge is -2.18. The lowest BCUT2D eigenvalue weighted by Crippen LogP contribution is -2.03. The molecular formula is C20H17NO2. The molecule has 0 fully saturated rings. The molecule has 0 bridgehead atoms. The van der Waals surface area contributed by atoms with E-state index in [0.717, 1.165) is 33.4 Å². The molecule has 3 nitrogen and oxygen atoms in total. The fourth-order valence-electron chi connectivity index (χ4n) is 2.92. The Balaban J connectivity index is 2.30. The minimum absolute atomic E-state index is 0.412. The van der Waals surface area contributed by atoms with E-state index in [0.29, 0.717) is 0 Å². The van der Waals surface area contributed by atoms with Crippen LogP contribution in [-0.2, 0) is 0 Å². The molecule has 3 aromatic rings. The second-order valence-electron chi connectivity index (χ2n) is 5.22. The third-order valence-corrected chi connectivity index (χ3v) is 3.98. The van der Waals surface area contributed by atoms with Gasteiger partial charge in [0, 0.05) is 16.3 Å². The molecule has 0 aliphatic carbocycles. The van der Waals surface area contributed by atoms with E-state index in [1.54, 1.807) is 14.2 Å². The van der Waals surface area contributed by atoms with E-state index >= 15 is 0 Å². The van der Waals surface area contributed by atoms with E-state index in [9.17, 15) is 5.26 Å². The van der Waals surface area contributed by atoms with Crippen LogP contribution < -0.4 is 9.47 Å². The summed E-state index contributed by atoms with van der Waals surface area (Å²) in [7, 11) is 3.28. The van der Waals surface area contributed by atoms with Gasteiger partial charge in [0.05, 0.1) is 26.2 Å². The van der Waals surface area contributed by atoms with Gasteiger partial charge in [-0.3, -0.25) is 0 Å². The zero-order valence-corrected chi connectivity index (χ0v) is 13.1. The standard InChI is InChI=1S/C20H17NO2/c1-22-19-12-17(18(13-21)14-8-4-3-5-9-14)20(23-2)16-11-7-6-10-15(16)19/h3-12,18H,1-2H3. The summed E-state index contributed by atoms with van der Waals surface area (Å²) in [4.78, 5) is 0. The summed E-state index contributed by atoms with van der Waals surface area (Å²) in [6.45, 7) is 0. The fourth-order valence-corrected chi connectivity index (χ4v) is 2.92. The molecule has 0 radical (unpaired) electrons. The molecule has 0 N–H and O–H groups in total. The van der Waals surface area contributed by atoms with Gasteiger partial charge in [0.25, 0.3) is 0 Å². The highest BCUT2D eigenvalue weighted by Gasteiger charge is 2.22. The van der Waals surface area contributed by atoms with Gasteiger partial charge in [-0.15, -0.1) is 0 Å². The average Bonchev–Trinajstić information content (AvgIpc) is 2.62. The number of methoxy groups -OCH3 is 2. The van der Waals surface area contributed by atoms with Crippen molar-refractivity contribution in [3.8, 4) is 17.6 Å². The maximum absolute atomic E-state index is 9.74. The highest BCUT2D eigenvalue weighted by Crippen LogP contribution is 2.41. The maximum atomic E-state index is 9.74. The topological polar surface area (TPSA) is 42.2 Å². The normalized spacial score (nSPS) is 11.7. The molecule has 0 amide bonds. The van der Waals surface area contributed by atoms with E-state index in [1.807, 2.05) is 60.7 Å². The van der Waals surface area contributed by atoms with Crippen LogP contribution in [0.25, 0.3) is 10.8 Å². The van der Waals surface area contributed by atoms with Gasteiger partial charge in [-0.05, 0) is 11.6 Å². The van der Waals surface area contributed by atoms with E-state index in [1.165, 1.54) is 0 Å². The molecule has 0 saturated carbocycles. The first-order valence-electron chi connectivity index (χ1n) is 7.38. The van der Waals surface area contributed by atoms with Crippen LogP contribution in [0.5, 0.6) is 11.5 Å². The molecular weight excluding hydrogens is 286 g/mol. The van der Waals surface area contributed by atoms with Gasteiger partial charge in [-0.2, -0.15) is 5.26 Å². The second kappa shape index (κ2) is 6.41. The SMILES string of the molecule is COc1cc(C(C#N)c2ccccc2)c(OC)c2ccccc12. The fraction of sp³-hybridized carbons (Fsp3) is 0.150. The summed E-state index contributed by atoms with van der Waals surface area (Å²) >= 11 is 0. The van der Waals surface area contributed by atoms with Crippen LogP contribution in [0, 0.1) is 11.3 Å². The van der Waals surface area contributed by atoms with Gasteiger partial charge in [0.15, 0.2) is 0 Å². The predicted octanol–water partition coefficient (Wildman–Crippen LogP) is 4.51. The largest absolute Gasteiger partial charge is 0.496 e. The molecule has 0 aromatic heterocycles. The number of hydrogen-bond acceptors (Lipinski definition) is 3. The molecule has 1 atom stereocenters. The Morgan fingerprint density at radius 1 is 0.870 bits per heavy atom. The van der Waals surface area contributed by atoms with Gasteiger partial charge in [0.1, 0.15) is 11.5 Å². The van der Waals surface area contributed by atoms with Crippen molar-refractivity contribution >= 4 is 10.8 Å². The summed E-state index contributed by atoms with van der Waals surface area (Å²) < 4.78 is 11.2. The molecule has 0 saturated heterocycles. The molecule has 1 unspecified atom stereocenters. The van der Waals surface area contributed by atoms with Crippen molar-refractivity contribution in [3.63, 3.8) is 0 Å². The Labute approximate surface area is 135 Å². The highest BCUT2D eigenvalue weighted by molar-refractivity contribution is 5.95. The van der Waals surface area contributed by atoms with Gasteiger partial charge >= 0.3 is 0 Å². The number of ether oxygens (including phenoxy) is 2. The quantitative estimate of drug-likeness (QED) is 0.712. The van der Waals surface area contributed by atoms with E-state index < -0.39 is 5.92 Å². The monoisotopic (exact) mass is 303 g/mol. The van der Waals surface area contributed by atoms with Gasteiger partial charge in [-0.1, -0.05) is 54.6 Å². The van der Waals surface area contributed by atoms with E-state index in [2.05, 4.69) is 6.07 Å². The second-order valence-corrected chi connectivity index (χ2v) is 5.22. The summed E-state index contributed by atoms with van der Waals surface area (Å²) in [5, 5.41) is 11.7. The summed E-state index contributed by atoms with van der Waals surface area (Å²) in [5.74, 6) is 1.05. The zero-order chi connectivity index (χ0) is 16.2. The van der Waals surface area contributed by atoms with Gasteiger partial charge in [-0.25, -0.2) is 0 Å². The minimum Gasteiger partial charge on any atom is -0.496 e. The smallest absolute Gasteiger partial charge is 0.131 e. The Morgan fingerprint density at radius 3 is 2.13 bits per heavy atom. The van der Waals surface area contributed by atoms with Crippen LogP contribution in [0.3, 0.4) is 0 Å². The Hall–Kier alpha value is -2.99. The van der Waals surface area contributed by atoms with Gasteiger partial charge in [0.2, 0.25) is 0 Å². The Kier molecular flexibility index (Phi) is 4.16. The van der Waals surface area contributed by atoms with Crippen LogP contribution in [0.1, 0.15) is 17.0 Å². The molecule has 0 aliphatic heterocycles. The molecule has 3 aromatic carbocycles. The Bertz CT molecular complexity index is 866. The van der Waals surface area contributed by atoms with Gasteiger partial charge < -0.3 is 9.47 Å². The zero-order valence-electron chi connectivity index (χ0n) is 13.1. The third kappa shape index (κ3) is 2.60. The first-order valence-corrected chi connectivity index (χ1v) is 7.38. The lowest BCUT2D eigenvalue weighted by atomic mass is 9.89. The van der Waals surface area contributed by atoms with Crippen molar-refractivity contribution in [2.45, 2.75) is 5.92 Å². The number of fused-ring (bicyclic) bond motifs is 1. The van der Waals surface area contributed by atoms with Crippen LogP contribution in [0.15, 0.2) is 60.7 Å². The predicted molar refractivity (Wildman–Crippen MR) is 91.0 cm³/mol. The van der Waals surface area contributed by atoms with Crippen LogP contribution in [-0.4, -0.2) is 14.2 Å². The van der Waals surface area contributed by atoms with Crippen molar-refractivity contribution in [2.75, 3.05) is 14.2 Å². The Morgan fingerprint density at radius 2 is 1.52 bits per heavy atom. The average molecular weight is 303 g/mol. The van der Waals surface area contributed by atoms with Crippen LogP contribution in [0.2, 0.25) is 0 Å². The number of hydrogen-bond donors (Lipinski definition) is 0. The van der Waals surface area contributed by atoms with Crippen molar-refractivity contribution in [1.82, 2.24) is 0 Å². The minimum atomic E-state index is -0.412. The lowest BCUT2D eigenvalue weighted by molar-refractivity contribution is 0.406. The van der Waals surface area contributed by atoms with Crippen LogP contribution >= 0.6 is 0 Å². The third-order valence-electron chi connectivity index (χ3n) is 3.98. The first-order chi connectivity index (χ1) is 11.3. The summed E-state index contributed by atoms with van der Waals surface area (Å²) in [5.41, 5.74) is 1.75. The molecule has 0 spiro atoms. The number of nitriles is 1. The summed E-state index contributed by atoms with van der Waals surface area (Å²) in [6.07, 6.45) is 0. The highest BCUT2D eigenvalue weighted by atomic mass is 16.5. The number of rotatable bonds is 4. The number of nitrogens with zero attached hydrogens (tertiary/aromatic N) is 1. The van der Waals surface area contributed by atoms with E-state index in [4.69, 9.17) is 9.47 Å².